The second-order valence-electron chi connectivity index (χ2n) is 3.67. The molecule has 1 N–H and O–H groups in total. The van der Waals surface area contributed by atoms with Gasteiger partial charge in [0.1, 0.15) is 12.1 Å². The molecule has 1 heterocycles. The molecular weight excluding hydrogens is 207 g/mol. The van der Waals surface area contributed by atoms with Crippen molar-refractivity contribution in [2.75, 3.05) is 5.32 Å². The molecule has 1 atom stereocenters. The van der Waals surface area contributed by atoms with Crippen LogP contribution in [0.3, 0.4) is 0 Å². The summed E-state index contributed by atoms with van der Waals surface area (Å²) < 4.78 is 14.6. The highest BCUT2D eigenvalue weighted by molar-refractivity contribution is 5.44. The van der Waals surface area contributed by atoms with E-state index in [-0.39, 0.29) is 11.9 Å². The van der Waals surface area contributed by atoms with Crippen LogP contribution in [0, 0.1) is 5.82 Å². The van der Waals surface area contributed by atoms with Gasteiger partial charge in [0.25, 0.3) is 0 Å². The van der Waals surface area contributed by atoms with Crippen molar-refractivity contribution in [3.05, 3.63) is 42.2 Å². The van der Waals surface area contributed by atoms with Crippen LogP contribution in [0.2, 0.25) is 0 Å². The third-order valence-electron chi connectivity index (χ3n) is 2.36. The van der Waals surface area contributed by atoms with E-state index in [0.29, 0.717) is 0 Å². The van der Waals surface area contributed by atoms with Gasteiger partial charge in [0.2, 0.25) is 0 Å². The zero-order chi connectivity index (χ0) is 11.5. The Balaban J connectivity index is 2.10. The fourth-order valence-corrected chi connectivity index (χ4v) is 1.54. The van der Waals surface area contributed by atoms with Gasteiger partial charge in [-0.25, -0.2) is 4.39 Å². The summed E-state index contributed by atoms with van der Waals surface area (Å²) in [5.74, 6) is 0.598. The minimum atomic E-state index is -0.239. The number of hydrogen-bond acceptors (Lipinski definition) is 3. The molecule has 2 aromatic rings. The normalized spacial score (nSPS) is 12.4. The summed E-state index contributed by atoms with van der Waals surface area (Å²) in [6.45, 7) is 1.98. The van der Waals surface area contributed by atoms with Gasteiger partial charge >= 0.3 is 0 Å². The van der Waals surface area contributed by atoms with Crippen LogP contribution in [0.4, 0.5) is 10.1 Å². The quantitative estimate of drug-likeness (QED) is 0.861. The van der Waals surface area contributed by atoms with Crippen LogP contribution in [0.25, 0.3) is 0 Å². The molecule has 4 nitrogen and oxygen atoms in total. The Morgan fingerprint density at radius 1 is 1.31 bits per heavy atom. The van der Waals surface area contributed by atoms with Gasteiger partial charge < -0.3 is 9.88 Å². The average molecular weight is 220 g/mol. The van der Waals surface area contributed by atoms with Gasteiger partial charge in [-0.1, -0.05) is 0 Å². The molecule has 1 unspecified atom stereocenters. The Kier molecular flexibility index (Phi) is 2.85. The van der Waals surface area contributed by atoms with Gasteiger partial charge in [-0.2, -0.15) is 0 Å². The first-order valence-electron chi connectivity index (χ1n) is 5.03. The molecule has 0 radical (unpaired) electrons. The number of nitrogens with one attached hydrogen (secondary N) is 1. The van der Waals surface area contributed by atoms with E-state index in [4.69, 9.17) is 0 Å². The van der Waals surface area contributed by atoms with E-state index in [1.54, 1.807) is 18.5 Å². The Labute approximate surface area is 93.1 Å². The lowest BCUT2D eigenvalue weighted by Crippen LogP contribution is -2.11. The van der Waals surface area contributed by atoms with Crippen molar-refractivity contribution in [1.82, 2.24) is 14.8 Å². The molecule has 1 aromatic heterocycles. The maximum atomic E-state index is 12.7. The van der Waals surface area contributed by atoms with Gasteiger partial charge in [0.05, 0.1) is 6.04 Å². The Hall–Kier alpha value is -1.91. The summed E-state index contributed by atoms with van der Waals surface area (Å²) in [7, 11) is 1.89. The minimum Gasteiger partial charge on any atom is -0.375 e. The molecule has 0 aliphatic heterocycles. The molecule has 0 aliphatic carbocycles. The Bertz CT molecular complexity index is 463. The van der Waals surface area contributed by atoms with Crippen LogP contribution in [0.15, 0.2) is 30.6 Å². The van der Waals surface area contributed by atoms with E-state index in [2.05, 4.69) is 15.5 Å². The lowest BCUT2D eigenvalue weighted by Gasteiger charge is -2.14. The van der Waals surface area contributed by atoms with Crippen LogP contribution >= 0.6 is 0 Å². The minimum absolute atomic E-state index is 0.0259. The standard InChI is InChI=1S/C11H13FN4/c1-8(11-15-13-7-16(11)2)14-10-5-3-9(12)4-6-10/h3-8,14H,1-2H3. The van der Waals surface area contributed by atoms with Crippen LogP contribution in [0.5, 0.6) is 0 Å². The average Bonchev–Trinajstić information content (AvgIpc) is 2.68. The largest absolute Gasteiger partial charge is 0.375 e. The molecule has 0 aliphatic rings. The first kappa shape index (κ1) is 10.6. The fraction of sp³-hybridized carbons (Fsp3) is 0.273. The summed E-state index contributed by atoms with van der Waals surface area (Å²) >= 11 is 0. The number of anilines is 1. The van der Waals surface area contributed by atoms with Gasteiger partial charge in [-0.15, -0.1) is 10.2 Å². The van der Waals surface area contributed by atoms with E-state index in [1.807, 2.05) is 18.5 Å². The Morgan fingerprint density at radius 2 is 2.00 bits per heavy atom. The summed E-state index contributed by atoms with van der Waals surface area (Å²) in [6.07, 6.45) is 1.65. The highest BCUT2D eigenvalue weighted by atomic mass is 19.1. The number of hydrogen-bond donors (Lipinski definition) is 1. The van der Waals surface area contributed by atoms with Crippen molar-refractivity contribution in [3.8, 4) is 0 Å². The molecule has 0 saturated heterocycles. The molecule has 0 spiro atoms. The second-order valence-corrected chi connectivity index (χ2v) is 3.67. The molecular formula is C11H13FN4. The van der Waals surface area contributed by atoms with Gasteiger partial charge in [0.15, 0.2) is 5.82 Å². The maximum Gasteiger partial charge on any atom is 0.154 e. The molecule has 0 bridgehead atoms. The molecule has 5 heteroatoms. The number of aryl methyl sites for hydroxylation is 1. The van der Waals surface area contributed by atoms with Crippen molar-refractivity contribution in [3.63, 3.8) is 0 Å². The van der Waals surface area contributed by atoms with E-state index in [1.165, 1.54) is 12.1 Å². The second kappa shape index (κ2) is 4.30. The smallest absolute Gasteiger partial charge is 0.154 e. The summed E-state index contributed by atoms with van der Waals surface area (Å²) in [5.41, 5.74) is 0.858. The van der Waals surface area contributed by atoms with E-state index in [9.17, 15) is 4.39 Å². The van der Waals surface area contributed by atoms with E-state index in [0.717, 1.165) is 11.5 Å². The van der Waals surface area contributed by atoms with E-state index >= 15 is 0 Å². The predicted molar refractivity (Wildman–Crippen MR) is 59.4 cm³/mol. The summed E-state index contributed by atoms with van der Waals surface area (Å²) in [4.78, 5) is 0. The van der Waals surface area contributed by atoms with Crippen molar-refractivity contribution in [1.29, 1.82) is 0 Å². The van der Waals surface area contributed by atoms with Crippen molar-refractivity contribution >= 4 is 5.69 Å². The first-order valence-corrected chi connectivity index (χ1v) is 5.03. The maximum absolute atomic E-state index is 12.7. The number of aromatic nitrogens is 3. The summed E-state index contributed by atoms with van der Waals surface area (Å²) in [6, 6.07) is 6.26. The third kappa shape index (κ3) is 2.18. The van der Waals surface area contributed by atoms with Crippen LogP contribution in [-0.4, -0.2) is 14.8 Å². The predicted octanol–water partition coefficient (Wildman–Crippen LogP) is 2.13. The monoisotopic (exact) mass is 220 g/mol. The number of halogens is 1. The van der Waals surface area contributed by atoms with Crippen molar-refractivity contribution in [2.24, 2.45) is 7.05 Å². The topological polar surface area (TPSA) is 42.7 Å². The first-order chi connectivity index (χ1) is 7.66. The van der Waals surface area contributed by atoms with Crippen molar-refractivity contribution < 1.29 is 4.39 Å². The van der Waals surface area contributed by atoms with Crippen LogP contribution in [0.1, 0.15) is 18.8 Å². The molecule has 0 saturated carbocycles. The number of nitrogens with zero attached hydrogens (tertiary/aromatic N) is 3. The highest BCUT2D eigenvalue weighted by Crippen LogP contribution is 2.16. The van der Waals surface area contributed by atoms with Crippen LogP contribution < -0.4 is 5.32 Å². The SMILES string of the molecule is CC(Nc1ccc(F)cc1)c1nncn1C. The molecule has 0 amide bonds. The zero-order valence-corrected chi connectivity index (χ0v) is 9.18. The lowest BCUT2D eigenvalue weighted by molar-refractivity contribution is 0.627. The molecule has 16 heavy (non-hydrogen) atoms. The molecule has 0 fully saturated rings. The number of rotatable bonds is 3. The third-order valence-corrected chi connectivity index (χ3v) is 2.36. The molecule has 1 aromatic carbocycles. The number of benzene rings is 1. The lowest BCUT2D eigenvalue weighted by atomic mass is 10.2. The zero-order valence-electron chi connectivity index (χ0n) is 9.18. The van der Waals surface area contributed by atoms with Gasteiger partial charge in [-0.05, 0) is 31.2 Å². The fourth-order valence-electron chi connectivity index (χ4n) is 1.54. The van der Waals surface area contributed by atoms with Crippen molar-refractivity contribution in [2.45, 2.75) is 13.0 Å². The van der Waals surface area contributed by atoms with Gasteiger partial charge in [0, 0.05) is 12.7 Å². The Morgan fingerprint density at radius 3 is 2.56 bits per heavy atom. The highest BCUT2D eigenvalue weighted by Gasteiger charge is 2.10. The molecule has 2 rings (SSSR count). The van der Waals surface area contributed by atoms with E-state index < -0.39 is 0 Å². The van der Waals surface area contributed by atoms with Gasteiger partial charge in [-0.3, -0.25) is 0 Å². The summed E-state index contributed by atoms with van der Waals surface area (Å²) in [5, 5.41) is 11.0. The van der Waals surface area contributed by atoms with Crippen LogP contribution in [-0.2, 0) is 7.05 Å². The molecule has 84 valence electrons.